The van der Waals surface area contributed by atoms with E-state index in [0.29, 0.717) is 24.5 Å². The largest absolute Gasteiger partial charge is 0.491 e. The number of aromatic nitrogens is 1. The number of ether oxygens (including phenoxy) is 1. The summed E-state index contributed by atoms with van der Waals surface area (Å²) in [6.07, 6.45) is 2.19. The van der Waals surface area contributed by atoms with Crippen LogP contribution in [0.15, 0.2) is 64.0 Å². The molecule has 0 aliphatic carbocycles. The summed E-state index contributed by atoms with van der Waals surface area (Å²) in [6.45, 7) is 0.380. The summed E-state index contributed by atoms with van der Waals surface area (Å²) < 4.78 is 10.9. The van der Waals surface area contributed by atoms with Gasteiger partial charge in [0.1, 0.15) is 23.7 Å². The Morgan fingerprint density at radius 1 is 1.12 bits per heavy atom. The van der Waals surface area contributed by atoms with Gasteiger partial charge in [-0.2, -0.15) is 0 Å². The van der Waals surface area contributed by atoms with Crippen molar-refractivity contribution in [3.8, 4) is 17.2 Å². The van der Waals surface area contributed by atoms with Crippen molar-refractivity contribution in [1.82, 2.24) is 10.3 Å². The molecule has 0 saturated carbocycles. The van der Waals surface area contributed by atoms with E-state index in [1.807, 2.05) is 24.3 Å². The van der Waals surface area contributed by atoms with Gasteiger partial charge in [0.2, 0.25) is 0 Å². The fraction of sp³-hybridized carbons (Fsp3) is 0.158. The first-order valence-corrected chi connectivity index (χ1v) is 7.99. The summed E-state index contributed by atoms with van der Waals surface area (Å²) in [5.41, 5.74) is 1.18. The van der Waals surface area contributed by atoms with Gasteiger partial charge in [0.25, 0.3) is 11.5 Å². The summed E-state index contributed by atoms with van der Waals surface area (Å²) in [5, 5.41) is 2.86. The van der Waals surface area contributed by atoms with Crippen LogP contribution < -0.4 is 15.6 Å². The number of hydrogen-bond acceptors (Lipinski definition) is 4. The van der Waals surface area contributed by atoms with Gasteiger partial charge in [0, 0.05) is 0 Å². The van der Waals surface area contributed by atoms with E-state index in [1.165, 1.54) is 12.3 Å². The minimum absolute atomic E-state index is 0.0640. The molecule has 1 atom stereocenters. The topological polar surface area (TPSA) is 84.3 Å². The third-order valence-corrected chi connectivity index (χ3v) is 4.15. The van der Waals surface area contributed by atoms with Crippen molar-refractivity contribution >= 4 is 5.91 Å². The van der Waals surface area contributed by atoms with Crippen molar-refractivity contribution in [2.75, 3.05) is 6.61 Å². The van der Waals surface area contributed by atoms with Crippen LogP contribution in [0.4, 0.5) is 0 Å². The van der Waals surface area contributed by atoms with Crippen molar-refractivity contribution in [1.29, 1.82) is 0 Å². The van der Waals surface area contributed by atoms with E-state index in [0.717, 1.165) is 11.3 Å². The van der Waals surface area contributed by atoms with Crippen molar-refractivity contribution in [3.05, 3.63) is 76.3 Å². The highest BCUT2D eigenvalue weighted by Crippen LogP contribution is 2.24. The first-order valence-electron chi connectivity index (χ1n) is 7.99. The number of fused-ring (bicyclic) bond motifs is 1. The lowest BCUT2D eigenvalue weighted by Gasteiger charge is -2.25. The number of hydrogen-bond donors (Lipinski definition) is 2. The van der Waals surface area contributed by atoms with Gasteiger partial charge in [0.15, 0.2) is 0 Å². The molecule has 3 aromatic rings. The third kappa shape index (κ3) is 3.06. The van der Waals surface area contributed by atoms with Gasteiger partial charge in [-0.3, -0.25) is 9.59 Å². The number of nitrogens with one attached hydrogen (secondary N) is 2. The molecular formula is C19H16N2O4. The molecule has 6 nitrogen and oxygen atoms in total. The van der Waals surface area contributed by atoms with Gasteiger partial charge in [0.05, 0.1) is 18.0 Å². The lowest BCUT2D eigenvalue weighted by Crippen LogP contribution is -2.44. The quantitative estimate of drug-likeness (QED) is 0.769. The van der Waals surface area contributed by atoms with Gasteiger partial charge in [-0.05, 0) is 42.3 Å². The van der Waals surface area contributed by atoms with Gasteiger partial charge in [-0.25, -0.2) is 0 Å². The Morgan fingerprint density at radius 3 is 2.80 bits per heavy atom. The number of carbonyl (C=O) groups is 1. The molecule has 1 aromatic carbocycles. The van der Waals surface area contributed by atoms with E-state index >= 15 is 0 Å². The summed E-state index contributed by atoms with van der Waals surface area (Å²) in [4.78, 5) is 27.3. The number of amides is 1. The average molecular weight is 336 g/mol. The van der Waals surface area contributed by atoms with Gasteiger partial charge < -0.3 is 19.5 Å². The number of H-pyrrole nitrogens is 1. The zero-order valence-corrected chi connectivity index (χ0v) is 13.3. The van der Waals surface area contributed by atoms with Crippen molar-refractivity contribution in [3.63, 3.8) is 0 Å². The van der Waals surface area contributed by atoms with E-state index in [-0.39, 0.29) is 11.6 Å². The smallest absolute Gasteiger partial charge is 0.261 e. The second-order valence-corrected chi connectivity index (χ2v) is 5.89. The summed E-state index contributed by atoms with van der Waals surface area (Å²) in [6, 6.07) is 14.2. The predicted octanol–water partition coefficient (Wildman–Crippen LogP) is 2.37. The molecule has 1 aliphatic rings. The maximum Gasteiger partial charge on any atom is 0.261 e. The van der Waals surface area contributed by atoms with E-state index in [4.69, 9.17) is 9.15 Å². The minimum atomic E-state index is -0.455. The van der Waals surface area contributed by atoms with Crippen LogP contribution in [0.1, 0.15) is 15.9 Å². The van der Waals surface area contributed by atoms with Gasteiger partial charge in [-0.15, -0.1) is 0 Å². The molecule has 0 radical (unpaired) electrons. The SMILES string of the molecule is O=C(N[C@H]1COc2ccccc2C1)c1ccc(-c2ccco2)[nH]c1=O. The lowest BCUT2D eigenvalue weighted by atomic mass is 10.0. The third-order valence-electron chi connectivity index (χ3n) is 4.15. The summed E-state index contributed by atoms with van der Waals surface area (Å²) in [7, 11) is 0. The maximum absolute atomic E-state index is 12.4. The second-order valence-electron chi connectivity index (χ2n) is 5.89. The van der Waals surface area contributed by atoms with Crippen molar-refractivity contribution in [2.24, 2.45) is 0 Å². The second kappa shape index (κ2) is 6.32. The van der Waals surface area contributed by atoms with Crippen LogP contribution in [0, 0.1) is 0 Å². The van der Waals surface area contributed by atoms with E-state index in [2.05, 4.69) is 10.3 Å². The molecule has 2 N–H and O–H groups in total. The Labute approximate surface area is 143 Å². The predicted molar refractivity (Wildman–Crippen MR) is 91.7 cm³/mol. The lowest BCUT2D eigenvalue weighted by molar-refractivity contribution is 0.0914. The fourth-order valence-electron chi connectivity index (χ4n) is 2.91. The van der Waals surface area contributed by atoms with Crippen molar-refractivity contribution in [2.45, 2.75) is 12.5 Å². The number of rotatable bonds is 3. The highest BCUT2D eigenvalue weighted by molar-refractivity contribution is 5.94. The van der Waals surface area contributed by atoms with E-state index in [9.17, 15) is 9.59 Å². The van der Waals surface area contributed by atoms with Gasteiger partial charge in [-0.1, -0.05) is 18.2 Å². The molecule has 6 heteroatoms. The Bertz CT molecular complexity index is 960. The van der Waals surface area contributed by atoms with Crippen LogP contribution in [0.3, 0.4) is 0 Å². The van der Waals surface area contributed by atoms with Crippen LogP contribution in [0.2, 0.25) is 0 Å². The molecule has 3 heterocycles. The maximum atomic E-state index is 12.4. The average Bonchev–Trinajstić information content (AvgIpc) is 3.16. The molecule has 0 saturated heterocycles. The Hall–Kier alpha value is -3.28. The molecule has 1 aliphatic heterocycles. The molecule has 0 spiro atoms. The minimum Gasteiger partial charge on any atom is -0.491 e. The van der Waals surface area contributed by atoms with Crippen LogP contribution in [0.5, 0.6) is 5.75 Å². The number of furan rings is 1. The monoisotopic (exact) mass is 336 g/mol. The number of benzene rings is 1. The first-order chi connectivity index (χ1) is 12.2. The number of pyridine rings is 1. The molecule has 1 amide bonds. The molecular weight excluding hydrogens is 320 g/mol. The molecule has 0 bridgehead atoms. The van der Waals surface area contributed by atoms with Crippen molar-refractivity contribution < 1.29 is 13.9 Å². The molecule has 2 aromatic heterocycles. The van der Waals surface area contributed by atoms with Crippen LogP contribution in [-0.4, -0.2) is 23.5 Å². The first kappa shape index (κ1) is 15.3. The van der Waals surface area contributed by atoms with Gasteiger partial charge >= 0.3 is 0 Å². The van der Waals surface area contributed by atoms with Crippen LogP contribution >= 0.6 is 0 Å². The Kier molecular flexibility index (Phi) is 3.85. The zero-order valence-electron chi connectivity index (χ0n) is 13.3. The highest BCUT2D eigenvalue weighted by atomic mass is 16.5. The van der Waals surface area contributed by atoms with E-state index in [1.54, 1.807) is 18.2 Å². The number of aromatic amines is 1. The fourth-order valence-corrected chi connectivity index (χ4v) is 2.91. The standard InChI is InChI=1S/C19H16N2O4/c22-18(20-13-10-12-4-1-2-5-16(12)25-11-13)14-7-8-15(21-19(14)23)17-6-3-9-24-17/h1-9,13H,10-11H2,(H,20,22)(H,21,23)/t13-/m1/s1. The highest BCUT2D eigenvalue weighted by Gasteiger charge is 2.22. The summed E-state index contributed by atoms with van der Waals surface area (Å²) >= 11 is 0. The van der Waals surface area contributed by atoms with Crippen LogP contribution in [-0.2, 0) is 6.42 Å². The number of para-hydroxylation sites is 1. The molecule has 25 heavy (non-hydrogen) atoms. The molecule has 4 rings (SSSR count). The summed E-state index contributed by atoms with van der Waals surface area (Å²) in [5.74, 6) is 0.968. The normalized spacial score (nSPS) is 15.9. The molecule has 0 fully saturated rings. The molecule has 126 valence electrons. The number of carbonyl (C=O) groups excluding carboxylic acids is 1. The van der Waals surface area contributed by atoms with E-state index < -0.39 is 11.5 Å². The zero-order chi connectivity index (χ0) is 17.2. The van der Waals surface area contributed by atoms with Crippen LogP contribution in [0.25, 0.3) is 11.5 Å². The Balaban J connectivity index is 1.49. The molecule has 0 unspecified atom stereocenters. The Morgan fingerprint density at radius 2 is 2.00 bits per heavy atom.